The molecule has 0 fully saturated rings. The van der Waals surface area contributed by atoms with E-state index in [0.29, 0.717) is 0 Å². The Labute approximate surface area is 155 Å². The van der Waals surface area contributed by atoms with Gasteiger partial charge in [0.05, 0.1) is 13.2 Å². The van der Waals surface area contributed by atoms with Crippen molar-refractivity contribution in [3.8, 4) is 0 Å². The van der Waals surface area contributed by atoms with Gasteiger partial charge in [-0.05, 0) is 13.3 Å². The van der Waals surface area contributed by atoms with Crippen LogP contribution in [0.2, 0.25) is 0 Å². The van der Waals surface area contributed by atoms with E-state index in [9.17, 15) is 24.0 Å². The number of ether oxygens (including phenoxy) is 2. The second-order valence-electron chi connectivity index (χ2n) is 4.97. The number of hydrogen-bond donors (Lipinski definition) is 5. The summed E-state index contributed by atoms with van der Waals surface area (Å²) in [5.74, 6) is -3.80. The van der Waals surface area contributed by atoms with Crippen LogP contribution in [-0.2, 0) is 33.4 Å². The highest BCUT2D eigenvalue weighted by Crippen LogP contribution is 1.99. The summed E-state index contributed by atoms with van der Waals surface area (Å²) < 4.78 is 8.99. The molecule has 0 spiro atoms. The average molecular weight is 392 g/mol. The number of amides is 2. The first kappa shape index (κ1) is 23.8. The minimum absolute atomic E-state index is 0.0408. The van der Waals surface area contributed by atoms with Crippen molar-refractivity contribution in [3.63, 3.8) is 0 Å². The molecule has 6 N–H and O–H groups in total. The predicted molar refractivity (Wildman–Crippen MR) is 92.8 cm³/mol. The fraction of sp³-hybridized carbons (Fsp3) is 0.643. The van der Waals surface area contributed by atoms with E-state index in [1.807, 2.05) is 0 Å². The first-order valence-electron chi connectivity index (χ1n) is 7.78. The lowest BCUT2D eigenvalue weighted by Crippen LogP contribution is -2.49. The fourth-order valence-electron chi connectivity index (χ4n) is 1.60. The monoisotopic (exact) mass is 392 g/mol. The van der Waals surface area contributed by atoms with E-state index >= 15 is 0 Å². The van der Waals surface area contributed by atoms with Crippen molar-refractivity contribution in [2.75, 3.05) is 25.4 Å². The lowest BCUT2D eigenvalue weighted by Gasteiger charge is -2.17. The van der Waals surface area contributed by atoms with Gasteiger partial charge in [-0.2, -0.15) is 12.6 Å². The molecule has 0 bridgehead atoms. The van der Waals surface area contributed by atoms with E-state index in [-0.39, 0.29) is 25.2 Å². The zero-order valence-electron chi connectivity index (χ0n) is 14.4. The molecular formula is C14H24N4O7S. The number of rotatable bonds is 11. The molecule has 12 heteroatoms. The maximum atomic E-state index is 11.9. The number of nitrogens with one attached hydrogen (secondary N) is 2. The molecule has 0 aliphatic rings. The van der Waals surface area contributed by atoms with Gasteiger partial charge in [0.25, 0.3) is 0 Å². The van der Waals surface area contributed by atoms with E-state index in [0.717, 1.165) is 0 Å². The minimum Gasteiger partial charge on any atom is -0.465 e. The molecule has 0 aromatic carbocycles. The molecule has 2 atom stereocenters. The van der Waals surface area contributed by atoms with Crippen LogP contribution in [0.1, 0.15) is 19.8 Å². The average Bonchev–Trinajstić information content (AvgIpc) is 2.61. The van der Waals surface area contributed by atoms with Crippen molar-refractivity contribution in [2.45, 2.75) is 31.8 Å². The predicted octanol–water partition coefficient (Wildman–Crippen LogP) is -2.78. The van der Waals surface area contributed by atoms with Gasteiger partial charge in [-0.1, -0.05) is 0 Å². The van der Waals surface area contributed by atoms with E-state index in [4.69, 9.17) is 16.2 Å². The molecular weight excluding hydrogens is 368 g/mol. The lowest BCUT2D eigenvalue weighted by molar-refractivity contribution is -0.158. The van der Waals surface area contributed by atoms with Gasteiger partial charge in [-0.15, -0.1) is 0 Å². The van der Waals surface area contributed by atoms with Crippen LogP contribution in [0.15, 0.2) is 0 Å². The Hall–Kier alpha value is -2.18. The molecule has 0 heterocycles. The maximum absolute atomic E-state index is 11.9. The van der Waals surface area contributed by atoms with Gasteiger partial charge < -0.3 is 31.6 Å². The van der Waals surface area contributed by atoms with Gasteiger partial charge in [-0.25, -0.2) is 4.79 Å². The Kier molecular flexibility index (Phi) is 12.0. The largest absolute Gasteiger partial charge is 0.465 e. The van der Waals surface area contributed by atoms with Gasteiger partial charge in [0, 0.05) is 12.2 Å². The van der Waals surface area contributed by atoms with Crippen LogP contribution in [0.5, 0.6) is 0 Å². The fourth-order valence-corrected chi connectivity index (χ4v) is 1.86. The molecule has 2 unspecified atom stereocenters. The van der Waals surface area contributed by atoms with Crippen LogP contribution < -0.4 is 22.1 Å². The van der Waals surface area contributed by atoms with Gasteiger partial charge in [0.1, 0.15) is 18.6 Å². The molecule has 0 aliphatic heterocycles. The summed E-state index contributed by atoms with van der Waals surface area (Å²) in [6.45, 7) is 0.774. The van der Waals surface area contributed by atoms with Gasteiger partial charge in [-0.3, -0.25) is 19.2 Å². The van der Waals surface area contributed by atoms with Crippen LogP contribution >= 0.6 is 12.6 Å². The molecule has 0 aromatic heterocycles. The third-order valence-electron chi connectivity index (χ3n) is 2.91. The van der Waals surface area contributed by atoms with Gasteiger partial charge >= 0.3 is 17.9 Å². The Morgan fingerprint density at radius 3 is 2.35 bits per heavy atom. The van der Waals surface area contributed by atoms with E-state index < -0.39 is 54.9 Å². The quantitative estimate of drug-likeness (QED) is 0.141. The molecule has 11 nitrogen and oxygen atoms in total. The highest BCUT2D eigenvalue weighted by Gasteiger charge is 2.22. The van der Waals surface area contributed by atoms with E-state index in [1.165, 1.54) is 0 Å². The van der Waals surface area contributed by atoms with Crippen molar-refractivity contribution < 1.29 is 33.4 Å². The summed E-state index contributed by atoms with van der Waals surface area (Å²) in [4.78, 5) is 57.2. The third kappa shape index (κ3) is 9.96. The molecule has 0 saturated heterocycles. The number of hydrogen-bond acceptors (Lipinski definition) is 10. The Morgan fingerprint density at radius 1 is 1.15 bits per heavy atom. The summed E-state index contributed by atoms with van der Waals surface area (Å²) in [5.41, 5.74) is 10.5. The van der Waals surface area contributed by atoms with Crippen molar-refractivity contribution in [2.24, 2.45) is 11.5 Å². The van der Waals surface area contributed by atoms with Crippen LogP contribution in [0.25, 0.3) is 0 Å². The molecule has 148 valence electrons. The van der Waals surface area contributed by atoms with Crippen molar-refractivity contribution in [3.05, 3.63) is 0 Å². The zero-order valence-corrected chi connectivity index (χ0v) is 15.3. The number of esters is 3. The Morgan fingerprint density at radius 2 is 1.81 bits per heavy atom. The number of carbonyl (C=O) groups excluding carboxylic acids is 5. The van der Waals surface area contributed by atoms with E-state index in [2.05, 4.69) is 28.0 Å². The number of thiol groups is 1. The normalized spacial score (nSPS) is 12.5. The molecule has 26 heavy (non-hydrogen) atoms. The summed E-state index contributed by atoms with van der Waals surface area (Å²) in [6.07, 6.45) is -0.0658. The zero-order chi connectivity index (χ0) is 20.1. The summed E-state index contributed by atoms with van der Waals surface area (Å²) in [5, 5.41) is 4.59. The topological polar surface area (TPSA) is 180 Å². The minimum atomic E-state index is -1.03. The lowest BCUT2D eigenvalue weighted by atomic mass is 10.1. The van der Waals surface area contributed by atoms with Crippen LogP contribution in [-0.4, -0.2) is 67.3 Å². The molecule has 0 aliphatic carbocycles. The van der Waals surface area contributed by atoms with Crippen molar-refractivity contribution >= 4 is 42.4 Å². The Balaban J connectivity index is 4.32. The third-order valence-corrected chi connectivity index (χ3v) is 3.27. The number of carbonyl (C=O) groups is 5. The molecule has 2 amide bonds. The standard InChI is InChI=1S/C14H24N4O7S/c1-2-24-14(23)8(16)3-4-10(19)18-9(7-26)13(22)17-6-12(21)25-11(20)5-15/h8-9,26H,2-7,15-16H2,1H3,(H,17,22)(H,18,19). The highest BCUT2D eigenvalue weighted by atomic mass is 32.1. The van der Waals surface area contributed by atoms with Crippen molar-refractivity contribution in [1.82, 2.24) is 10.6 Å². The smallest absolute Gasteiger partial charge is 0.333 e. The van der Waals surface area contributed by atoms with Crippen LogP contribution in [0, 0.1) is 0 Å². The maximum Gasteiger partial charge on any atom is 0.333 e. The molecule has 0 saturated carbocycles. The van der Waals surface area contributed by atoms with Crippen LogP contribution in [0.3, 0.4) is 0 Å². The second-order valence-corrected chi connectivity index (χ2v) is 5.33. The highest BCUT2D eigenvalue weighted by molar-refractivity contribution is 7.80. The van der Waals surface area contributed by atoms with Gasteiger partial charge in [0.15, 0.2) is 0 Å². The summed E-state index contributed by atoms with van der Waals surface area (Å²) >= 11 is 3.95. The second kappa shape index (κ2) is 13.1. The summed E-state index contributed by atoms with van der Waals surface area (Å²) in [6, 6.07) is -1.97. The number of nitrogens with two attached hydrogens (primary N) is 2. The molecule has 0 aromatic rings. The molecule has 0 rings (SSSR count). The van der Waals surface area contributed by atoms with E-state index in [1.54, 1.807) is 6.92 Å². The SMILES string of the molecule is CCOC(=O)C(N)CCC(=O)NC(CS)C(=O)NCC(=O)OC(=O)CN. The van der Waals surface area contributed by atoms with Crippen molar-refractivity contribution in [1.29, 1.82) is 0 Å². The first-order chi connectivity index (χ1) is 12.2. The summed E-state index contributed by atoms with van der Waals surface area (Å²) in [7, 11) is 0. The van der Waals surface area contributed by atoms with Gasteiger partial charge in [0.2, 0.25) is 11.8 Å². The Bertz CT molecular complexity index is 529. The first-order valence-corrected chi connectivity index (χ1v) is 8.42. The molecule has 0 radical (unpaired) electrons. The van der Waals surface area contributed by atoms with Crippen LogP contribution in [0.4, 0.5) is 0 Å².